The van der Waals surface area contributed by atoms with E-state index in [0.29, 0.717) is 6.54 Å². The summed E-state index contributed by atoms with van der Waals surface area (Å²) < 4.78 is 9.24. The molecule has 0 fully saturated rings. The van der Waals surface area contributed by atoms with Crippen LogP contribution in [0.4, 0.5) is 4.79 Å². The molecule has 0 aliphatic carbocycles. The largest absolute Gasteiger partial charge is 0.443 e. The molecule has 0 aliphatic rings. The van der Waals surface area contributed by atoms with E-state index in [0.717, 1.165) is 27.5 Å². The molecule has 0 bridgehead atoms. The van der Waals surface area contributed by atoms with E-state index in [4.69, 9.17) is 4.74 Å². The second-order valence-corrected chi connectivity index (χ2v) is 7.38. The summed E-state index contributed by atoms with van der Waals surface area (Å²) in [7, 11) is 0. The number of benzene rings is 2. The lowest BCUT2D eigenvalue weighted by Gasteiger charge is -2.19. The Labute approximate surface area is 151 Å². The Balaban J connectivity index is 1.77. The third-order valence-corrected chi connectivity index (χ3v) is 4.25. The second-order valence-electron chi connectivity index (χ2n) is 7.38. The van der Waals surface area contributed by atoms with Crippen molar-refractivity contribution in [3.63, 3.8) is 0 Å². The molecule has 0 amide bonds. The van der Waals surface area contributed by atoms with E-state index >= 15 is 0 Å². The predicted molar refractivity (Wildman–Crippen MR) is 102 cm³/mol. The Morgan fingerprint density at radius 2 is 1.73 bits per heavy atom. The third kappa shape index (κ3) is 2.96. The van der Waals surface area contributed by atoms with Gasteiger partial charge in [0.15, 0.2) is 0 Å². The van der Waals surface area contributed by atoms with Crippen molar-refractivity contribution in [2.75, 3.05) is 0 Å². The molecule has 0 N–H and O–H groups in total. The molecule has 5 heteroatoms. The summed E-state index contributed by atoms with van der Waals surface area (Å²) in [6.07, 6.45) is 3.34. The fourth-order valence-electron chi connectivity index (χ4n) is 3.16. The Kier molecular flexibility index (Phi) is 3.80. The Hall–Kier alpha value is -3.08. The van der Waals surface area contributed by atoms with E-state index in [1.807, 2.05) is 75.8 Å². The molecular formula is C21H21N3O2. The maximum Gasteiger partial charge on any atom is 0.419 e. The number of fused-ring (bicyclic) bond motifs is 2. The minimum atomic E-state index is -0.539. The molecule has 4 aromatic rings. The van der Waals surface area contributed by atoms with Gasteiger partial charge in [0.1, 0.15) is 5.60 Å². The zero-order chi connectivity index (χ0) is 18.3. The summed E-state index contributed by atoms with van der Waals surface area (Å²) in [5, 5.41) is 1.04. The van der Waals surface area contributed by atoms with Gasteiger partial charge in [-0.2, -0.15) is 0 Å². The van der Waals surface area contributed by atoms with E-state index in [1.165, 1.54) is 0 Å². The molecule has 0 aliphatic heterocycles. The number of nitrogens with zero attached hydrogens (tertiary/aromatic N) is 3. The monoisotopic (exact) mass is 347 g/mol. The highest BCUT2D eigenvalue weighted by molar-refractivity contribution is 5.92. The summed E-state index contributed by atoms with van der Waals surface area (Å²) in [6, 6.07) is 15.9. The van der Waals surface area contributed by atoms with Crippen LogP contribution in [0.3, 0.4) is 0 Å². The molecule has 26 heavy (non-hydrogen) atoms. The van der Waals surface area contributed by atoms with Crippen LogP contribution in [0.5, 0.6) is 0 Å². The fraction of sp³-hybridized carbons (Fsp3) is 0.238. The van der Waals surface area contributed by atoms with Crippen LogP contribution in [0.25, 0.3) is 21.9 Å². The highest BCUT2D eigenvalue weighted by Crippen LogP contribution is 2.25. The summed E-state index contributed by atoms with van der Waals surface area (Å²) in [5.41, 5.74) is 3.39. The summed E-state index contributed by atoms with van der Waals surface area (Å²) in [6.45, 7) is 6.25. The minimum Gasteiger partial charge on any atom is -0.443 e. The number of hydrogen-bond donors (Lipinski definition) is 0. The van der Waals surface area contributed by atoms with Crippen LogP contribution in [-0.2, 0) is 11.3 Å². The first-order valence-electron chi connectivity index (χ1n) is 8.64. The van der Waals surface area contributed by atoms with Gasteiger partial charge in [-0.05, 0) is 44.5 Å². The van der Waals surface area contributed by atoms with Crippen LogP contribution in [0.15, 0.2) is 61.1 Å². The standard InChI is InChI=1S/C21H21N3O2/c1-21(2,3)26-20(25)24-13-15(16-8-4-6-10-18(16)24)12-23-14-22-17-9-5-7-11-19(17)23/h4-11,13-14H,12H2,1-3H3. The van der Waals surface area contributed by atoms with Gasteiger partial charge in [0.25, 0.3) is 0 Å². The molecule has 5 nitrogen and oxygen atoms in total. The van der Waals surface area contributed by atoms with Crippen molar-refractivity contribution in [2.45, 2.75) is 32.9 Å². The highest BCUT2D eigenvalue weighted by atomic mass is 16.6. The number of rotatable bonds is 2. The predicted octanol–water partition coefficient (Wildman–Crippen LogP) is 4.82. The smallest absolute Gasteiger partial charge is 0.419 e. The Morgan fingerprint density at radius 1 is 1.04 bits per heavy atom. The van der Waals surface area contributed by atoms with Gasteiger partial charge in [0.05, 0.1) is 29.4 Å². The van der Waals surface area contributed by atoms with E-state index in [-0.39, 0.29) is 6.09 Å². The number of hydrogen-bond acceptors (Lipinski definition) is 3. The molecule has 0 unspecified atom stereocenters. The Bertz CT molecular complexity index is 1100. The number of aromatic nitrogens is 3. The second kappa shape index (κ2) is 6.02. The van der Waals surface area contributed by atoms with Crippen molar-refractivity contribution in [3.8, 4) is 0 Å². The summed E-state index contributed by atoms with van der Waals surface area (Å²) >= 11 is 0. The molecule has 2 heterocycles. The first-order chi connectivity index (χ1) is 12.4. The first-order valence-corrected chi connectivity index (χ1v) is 8.64. The molecule has 132 valence electrons. The maximum absolute atomic E-state index is 12.6. The van der Waals surface area contributed by atoms with E-state index < -0.39 is 5.60 Å². The topological polar surface area (TPSA) is 49.0 Å². The summed E-state index contributed by atoms with van der Waals surface area (Å²) in [4.78, 5) is 17.1. The van der Waals surface area contributed by atoms with Gasteiger partial charge in [0, 0.05) is 11.6 Å². The Morgan fingerprint density at radius 3 is 2.50 bits per heavy atom. The minimum absolute atomic E-state index is 0.365. The zero-order valence-corrected chi connectivity index (χ0v) is 15.1. The molecule has 0 radical (unpaired) electrons. The van der Waals surface area contributed by atoms with Crippen molar-refractivity contribution in [3.05, 3.63) is 66.6 Å². The quantitative estimate of drug-likeness (QED) is 0.522. The van der Waals surface area contributed by atoms with Crippen molar-refractivity contribution >= 4 is 28.0 Å². The van der Waals surface area contributed by atoms with Gasteiger partial charge < -0.3 is 9.30 Å². The molecule has 4 rings (SSSR count). The van der Waals surface area contributed by atoms with Gasteiger partial charge >= 0.3 is 6.09 Å². The molecule has 0 saturated carbocycles. The lowest BCUT2D eigenvalue weighted by atomic mass is 10.2. The lowest BCUT2D eigenvalue weighted by Crippen LogP contribution is -2.26. The number of para-hydroxylation sites is 3. The van der Waals surface area contributed by atoms with Gasteiger partial charge in [-0.25, -0.2) is 9.78 Å². The number of ether oxygens (including phenoxy) is 1. The van der Waals surface area contributed by atoms with Crippen LogP contribution in [0.1, 0.15) is 26.3 Å². The van der Waals surface area contributed by atoms with E-state index in [9.17, 15) is 4.79 Å². The molecule has 0 spiro atoms. The molecule has 2 aromatic heterocycles. The molecular weight excluding hydrogens is 326 g/mol. The van der Waals surface area contributed by atoms with Crippen LogP contribution >= 0.6 is 0 Å². The molecule has 0 saturated heterocycles. The van der Waals surface area contributed by atoms with E-state index in [2.05, 4.69) is 15.6 Å². The van der Waals surface area contributed by atoms with Gasteiger partial charge in [0.2, 0.25) is 0 Å². The number of carbonyl (C=O) groups excluding carboxylic acids is 1. The molecule has 0 atom stereocenters. The van der Waals surface area contributed by atoms with Crippen LogP contribution in [-0.4, -0.2) is 25.8 Å². The van der Waals surface area contributed by atoms with Crippen LogP contribution in [0.2, 0.25) is 0 Å². The van der Waals surface area contributed by atoms with Crippen molar-refractivity contribution in [1.82, 2.24) is 14.1 Å². The third-order valence-electron chi connectivity index (χ3n) is 4.25. The van der Waals surface area contributed by atoms with Crippen molar-refractivity contribution in [2.24, 2.45) is 0 Å². The lowest BCUT2D eigenvalue weighted by molar-refractivity contribution is 0.0544. The normalized spacial score (nSPS) is 12.0. The van der Waals surface area contributed by atoms with Crippen LogP contribution in [0, 0.1) is 0 Å². The highest BCUT2D eigenvalue weighted by Gasteiger charge is 2.20. The SMILES string of the molecule is CC(C)(C)OC(=O)n1cc(Cn2cnc3ccccc32)c2ccccc21. The van der Waals surface area contributed by atoms with E-state index in [1.54, 1.807) is 4.57 Å². The molecule has 2 aromatic carbocycles. The fourth-order valence-corrected chi connectivity index (χ4v) is 3.16. The zero-order valence-electron chi connectivity index (χ0n) is 15.1. The van der Waals surface area contributed by atoms with Crippen molar-refractivity contribution in [1.29, 1.82) is 0 Å². The maximum atomic E-state index is 12.6. The van der Waals surface area contributed by atoms with Crippen molar-refractivity contribution < 1.29 is 9.53 Å². The van der Waals surface area contributed by atoms with Crippen LogP contribution < -0.4 is 0 Å². The number of carbonyl (C=O) groups is 1. The average molecular weight is 347 g/mol. The number of imidazole rings is 1. The average Bonchev–Trinajstić information content (AvgIpc) is 3.16. The van der Waals surface area contributed by atoms with Gasteiger partial charge in [-0.3, -0.25) is 4.57 Å². The summed E-state index contributed by atoms with van der Waals surface area (Å²) in [5.74, 6) is 0. The first kappa shape index (κ1) is 16.4. The van der Waals surface area contributed by atoms with Gasteiger partial charge in [-0.15, -0.1) is 0 Å². The van der Waals surface area contributed by atoms with Gasteiger partial charge in [-0.1, -0.05) is 30.3 Å².